The number of nitroso groups, excluding NO2 is 1. The van der Waals surface area contributed by atoms with E-state index < -0.39 is 0 Å². The molecule has 0 saturated carbocycles. The second-order valence-electron chi connectivity index (χ2n) is 4.01. The Hall–Kier alpha value is -1.44. The molecule has 0 aliphatic heterocycles. The van der Waals surface area contributed by atoms with Crippen LogP contribution >= 0.6 is 0 Å². The molecule has 1 aromatic rings. The first-order valence-electron chi connectivity index (χ1n) is 5.42. The quantitative estimate of drug-likeness (QED) is 0.661. The second-order valence-corrected chi connectivity index (χ2v) is 4.01. The monoisotopic (exact) mass is 201 g/mol. The maximum atomic E-state index is 10.5. The minimum atomic E-state index is 0.559. The Morgan fingerprint density at radius 3 is 2.87 bits per heavy atom. The van der Waals surface area contributed by atoms with Crippen molar-refractivity contribution in [1.29, 1.82) is 0 Å². The van der Waals surface area contributed by atoms with Crippen LogP contribution in [0.2, 0.25) is 0 Å². The van der Waals surface area contributed by atoms with Crippen LogP contribution < -0.4 is 0 Å². The number of rotatable bonds is 2. The largest absolute Gasteiger partial charge is 0.145 e. The minimum absolute atomic E-state index is 0.559. The highest BCUT2D eigenvalue weighted by atomic mass is 16.3. The molecule has 0 unspecified atom stereocenters. The van der Waals surface area contributed by atoms with Gasteiger partial charge in [0.2, 0.25) is 0 Å². The highest BCUT2D eigenvalue weighted by molar-refractivity contribution is 5.74. The van der Waals surface area contributed by atoms with Crippen LogP contribution in [0.3, 0.4) is 0 Å². The molecule has 0 N–H and O–H groups in total. The van der Waals surface area contributed by atoms with Gasteiger partial charge in [-0.3, -0.25) is 0 Å². The number of allylic oxidation sites excluding steroid dienone is 2. The van der Waals surface area contributed by atoms with Crippen molar-refractivity contribution in [3.8, 4) is 0 Å². The van der Waals surface area contributed by atoms with Crippen LogP contribution in [0.1, 0.15) is 36.5 Å². The topological polar surface area (TPSA) is 29.4 Å². The molecule has 15 heavy (non-hydrogen) atoms. The predicted octanol–water partition coefficient (Wildman–Crippen LogP) is 4.13. The van der Waals surface area contributed by atoms with E-state index in [1.165, 1.54) is 22.3 Å². The molecule has 0 saturated heterocycles. The van der Waals surface area contributed by atoms with Crippen LogP contribution in [0.15, 0.2) is 23.4 Å². The summed E-state index contributed by atoms with van der Waals surface area (Å²) in [5.74, 6) is 0. The van der Waals surface area contributed by atoms with Gasteiger partial charge in [-0.05, 0) is 65.8 Å². The summed E-state index contributed by atoms with van der Waals surface area (Å²) < 4.78 is 0. The van der Waals surface area contributed by atoms with Gasteiger partial charge in [0.15, 0.2) is 0 Å². The third-order valence-corrected chi connectivity index (χ3v) is 3.01. The zero-order chi connectivity index (χ0) is 10.8. The molecule has 1 aromatic carbocycles. The lowest BCUT2D eigenvalue weighted by atomic mass is 9.86. The lowest BCUT2D eigenvalue weighted by Gasteiger charge is -2.19. The minimum Gasteiger partial charge on any atom is -0.145 e. The standard InChI is InChI=1S/C13H15NO/c1-3-10-5-4-6-11-8-12(14-15)7-9(2)13(10)11/h5,7-8H,3-4,6H2,1-2H3. The highest BCUT2D eigenvalue weighted by Crippen LogP contribution is 2.34. The molecular weight excluding hydrogens is 186 g/mol. The first-order chi connectivity index (χ1) is 7.26. The molecule has 0 bridgehead atoms. The van der Waals surface area contributed by atoms with Gasteiger partial charge in [-0.1, -0.05) is 13.0 Å². The van der Waals surface area contributed by atoms with Gasteiger partial charge < -0.3 is 0 Å². The summed E-state index contributed by atoms with van der Waals surface area (Å²) in [6, 6.07) is 3.80. The Morgan fingerprint density at radius 2 is 2.20 bits per heavy atom. The molecule has 0 radical (unpaired) electrons. The van der Waals surface area contributed by atoms with E-state index >= 15 is 0 Å². The fraction of sp³-hybridized carbons (Fsp3) is 0.385. The van der Waals surface area contributed by atoms with Crippen LogP contribution in [0, 0.1) is 11.8 Å². The van der Waals surface area contributed by atoms with E-state index in [9.17, 15) is 4.91 Å². The number of hydrogen-bond acceptors (Lipinski definition) is 2. The molecule has 2 rings (SSSR count). The Bertz CT molecular complexity index is 432. The van der Waals surface area contributed by atoms with Crippen molar-refractivity contribution in [3.05, 3.63) is 39.8 Å². The molecule has 2 heteroatoms. The van der Waals surface area contributed by atoms with E-state index in [4.69, 9.17) is 0 Å². The lowest BCUT2D eigenvalue weighted by Crippen LogP contribution is -2.01. The molecule has 0 aromatic heterocycles. The molecule has 2 nitrogen and oxygen atoms in total. The first-order valence-corrected chi connectivity index (χ1v) is 5.42. The molecular formula is C13H15NO. The maximum absolute atomic E-state index is 10.5. The van der Waals surface area contributed by atoms with Gasteiger partial charge >= 0.3 is 0 Å². The Labute approximate surface area is 90.0 Å². The molecule has 1 aliphatic carbocycles. The summed E-state index contributed by atoms with van der Waals surface area (Å²) >= 11 is 0. The molecule has 0 amide bonds. The average molecular weight is 201 g/mol. The van der Waals surface area contributed by atoms with Crippen molar-refractivity contribution in [2.75, 3.05) is 0 Å². The molecule has 1 aliphatic rings. The van der Waals surface area contributed by atoms with Crippen LogP contribution in [-0.2, 0) is 6.42 Å². The third kappa shape index (κ3) is 1.72. The number of fused-ring (bicyclic) bond motifs is 1. The Balaban J connectivity index is 2.60. The van der Waals surface area contributed by atoms with Crippen molar-refractivity contribution in [3.63, 3.8) is 0 Å². The average Bonchev–Trinajstić information content (AvgIpc) is 2.27. The van der Waals surface area contributed by atoms with Crippen LogP contribution in [-0.4, -0.2) is 0 Å². The van der Waals surface area contributed by atoms with Crippen molar-refractivity contribution >= 4 is 11.3 Å². The van der Waals surface area contributed by atoms with Gasteiger partial charge in [0.05, 0.1) is 0 Å². The lowest BCUT2D eigenvalue weighted by molar-refractivity contribution is 0.957. The zero-order valence-corrected chi connectivity index (χ0v) is 9.21. The summed E-state index contributed by atoms with van der Waals surface area (Å²) in [5, 5.41) is 3.02. The van der Waals surface area contributed by atoms with E-state index in [0.717, 1.165) is 19.3 Å². The SMILES string of the molecule is CCC1=CCCc2cc(N=O)cc(C)c21. The fourth-order valence-corrected chi connectivity index (χ4v) is 2.37. The van der Waals surface area contributed by atoms with Gasteiger partial charge in [-0.2, -0.15) is 0 Å². The molecule has 0 fully saturated rings. The van der Waals surface area contributed by atoms with Gasteiger partial charge in [-0.15, -0.1) is 4.91 Å². The van der Waals surface area contributed by atoms with E-state index in [0.29, 0.717) is 5.69 Å². The van der Waals surface area contributed by atoms with Crippen LogP contribution in [0.25, 0.3) is 5.57 Å². The number of nitrogens with zero attached hydrogens (tertiary/aromatic N) is 1. The normalized spacial score (nSPS) is 14.4. The summed E-state index contributed by atoms with van der Waals surface area (Å²) in [4.78, 5) is 10.5. The van der Waals surface area contributed by atoms with E-state index in [1.54, 1.807) is 0 Å². The van der Waals surface area contributed by atoms with E-state index in [1.807, 2.05) is 12.1 Å². The van der Waals surface area contributed by atoms with Crippen molar-refractivity contribution < 1.29 is 0 Å². The zero-order valence-electron chi connectivity index (χ0n) is 9.21. The summed E-state index contributed by atoms with van der Waals surface area (Å²) in [6.45, 7) is 4.23. The van der Waals surface area contributed by atoms with Gasteiger partial charge in [-0.25, -0.2) is 0 Å². The predicted molar refractivity (Wildman–Crippen MR) is 63.2 cm³/mol. The summed E-state index contributed by atoms with van der Waals surface area (Å²) in [7, 11) is 0. The van der Waals surface area contributed by atoms with Crippen LogP contribution in [0.4, 0.5) is 5.69 Å². The second kappa shape index (κ2) is 3.97. The summed E-state index contributed by atoms with van der Waals surface area (Å²) in [6.07, 6.45) is 5.48. The Kier molecular flexibility index (Phi) is 2.67. The maximum Gasteiger partial charge on any atom is 0.108 e. The van der Waals surface area contributed by atoms with Gasteiger partial charge in [0, 0.05) is 0 Å². The Morgan fingerprint density at radius 1 is 1.40 bits per heavy atom. The fourth-order valence-electron chi connectivity index (χ4n) is 2.37. The molecule has 78 valence electrons. The molecule has 0 heterocycles. The van der Waals surface area contributed by atoms with Gasteiger partial charge in [0.25, 0.3) is 0 Å². The first kappa shape index (κ1) is 10.1. The van der Waals surface area contributed by atoms with Crippen molar-refractivity contribution in [1.82, 2.24) is 0 Å². The smallest absolute Gasteiger partial charge is 0.108 e. The molecule has 0 atom stereocenters. The number of hydrogen-bond donors (Lipinski definition) is 0. The third-order valence-electron chi connectivity index (χ3n) is 3.01. The van der Waals surface area contributed by atoms with Gasteiger partial charge in [0.1, 0.15) is 5.69 Å². The van der Waals surface area contributed by atoms with E-state index in [-0.39, 0.29) is 0 Å². The van der Waals surface area contributed by atoms with Crippen LogP contribution in [0.5, 0.6) is 0 Å². The van der Waals surface area contributed by atoms with Crippen molar-refractivity contribution in [2.24, 2.45) is 5.18 Å². The number of benzene rings is 1. The van der Waals surface area contributed by atoms with Crippen molar-refractivity contribution in [2.45, 2.75) is 33.1 Å². The summed E-state index contributed by atoms with van der Waals surface area (Å²) in [5.41, 5.74) is 5.77. The number of aryl methyl sites for hydroxylation is 2. The molecule has 0 spiro atoms. The highest BCUT2D eigenvalue weighted by Gasteiger charge is 2.14. The van der Waals surface area contributed by atoms with E-state index in [2.05, 4.69) is 25.1 Å².